The van der Waals surface area contributed by atoms with Gasteiger partial charge in [-0.15, -0.1) is 10.2 Å². The van der Waals surface area contributed by atoms with Crippen LogP contribution in [0.3, 0.4) is 0 Å². The summed E-state index contributed by atoms with van der Waals surface area (Å²) in [5.74, 6) is 0.199. The van der Waals surface area contributed by atoms with Crippen molar-refractivity contribution in [2.45, 2.75) is 56.8 Å². The number of piperazine rings is 1. The van der Waals surface area contributed by atoms with Crippen molar-refractivity contribution in [3.8, 4) is 0 Å². The zero-order chi connectivity index (χ0) is 17.3. The van der Waals surface area contributed by atoms with E-state index in [9.17, 15) is 4.79 Å². The monoisotopic (exact) mass is 351 g/mol. The first kappa shape index (κ1) is 15.9. The average molecular weight is 352 g/mol. The predicted octanol–water partition coefficient (Wildman–Crippen LogP) is 1.46. The quantitative estimate of drug-likeness (QED) is 0.637. The summed E-state index contributed by atoms with van der Waals surface area (Å²) in [7, 11) is 0. The van der Waals surface area contributed by atoms with Crippen molar-refractivity contribution in [2.75, 3.05) is 23.7 Å². The number of hydrogen-bond donors (Lipinski definition) is 1. The Morgan fingerprint density at radius 1 is 1.42 bits per heavy atom. The van der Waals surface area contributed by atoms with Crippen molar-refractivity contribution in [3.05, 3.63) is 11.2 Å². The molecule has 3 aliphatic heterocycles. The molecule has 0 saturated carbocycles. The molecule has 3 fully saturated rings. The molecule has 4 heterocycles. The van der Waals surface area contributed by atoms with E-state index in [1.807, 2.05) is 20.8 Å². The number of nitrogen functional groups attached to an aromatic ring is 1. The normalized spacial score (nSPS) is 34.0. The fourth-order valence-electron chi connectivity index (χ4n) is 4.32. The number of rotatable bonds is 2. The van der Waals surface area contributed by atoms with Gasteiger partial charge in [-0.2, -0.15) is 0 Å². The number of carbonyl (C=O) groups excluding carboxylic acids is 1. The second-order valence-electron chi connectivity index (χ2n) is 7.90. The minimum Gasteiger partial charge on any atom is -0.458 e. The van der Waals surface area contributed by atoms with Gasteiger partial charge in [0.1, 0.15) is 5.60 Å². The molecule has 130 valence electrons. The van der Waals surface area contributed by atoms with Crippen LogP contribution in [0.4, 0.5) is 11.5 Å². The standard InChI is InChI=1S/C16H22ClN5O2/c1-15(2,3)24-14(23)16-8-21(7-9-4-5-11(16)22(9)16)10-6-12(17)19-20-13(10)18/h6,9,11H,4-5,7-8H2,1-3H3,(H2,18,20). The molecule has 4 rings (SSSR count). The van der Waals surface area contributed by atoms with E-state index in [0.29, 0.717) is 23.6 Å². The van der Waals surface area contributed by atoms with Crippen molar-refractivity contribution in [1.29, 1.82) is 0 Å². The minimum atomic E-state index is -0.559. The number of aromatic nitrogens is 2. The molecular weight excluding hydrogens is 330 g/mol. The Labute approximate surface area is 146 Å². The number of ether oxygens (including phenoxy) is 1. The lowest BCUT2D eigenvalue weighted by Crippen LogP contribution is -2.56. The van der Waals surface area contributed by atoms with E-state index in [1.165, 1.54) is 0 Å². The molecule has 3 aliphatic rings. The number of fused-ring (bicyclic) bond motifs is 1. The number of esters is 1. The topological polar surface area (TPSA) is 84.4 Å². The van der Waals surface area contributed by atoms with Gasteiger partial charge < -0.3 is 15.4 Å². The summed E-state index contributed by atoms with van der Waals surface area (Å²) in [4.78, 5) is 17.4. The Bertz CT molecular complexity index is 706. The summed E-state index contributed by atoms with van der Waals surface area (Å²) in [5.41, 5.74) is 5.68. The Hall–Kier alpha value is -1.60. The number of hydrogen-bond acceptors (Lipinski definition) is 7. The molecule has 0 radical (unpaired) electrons. The van der Waals surface area contributed by atoms with Crippen LogP contribution in [-0.4, -0.2) is 57.4 Å². The van der Waals surface area contributed by atoms with Crippen LogP contribution in [0.5, 0.6) is 0 Å². The van der Waals surface area contributed by atoms with Crippen LogP contribution in [0, 0.1) is 0 Å². The maximum Gasteiger partial charge on any atom is 0.330 e. The lowest BCUT2D eigenvalue weighted by molar-refractivity contribution is -0.160. The largest absolute Gasteiger partial charge is 0.458 e. The number of nitrogens with zero attached hydrogens (tertiary/aromatic N) is 4. The third-order valence-electron chi connectivity index (χ3n) is 5.17. The van der Waals surface area contributed by atoms with E-state index >= 15 is 0 Å². The summed E-state index contributed by atoms with van der Waals surface area (Å²) in [6, 6.07) is 2.33. The molecule has 4 atom stereocenters. The zero-order valence-corrected chi connectivity index (χ0v) is 14.9. The molecule has 24 heavy (non-hydrogen) atoms. The van der Waals surface area contributed by atoms with Crippen molar-refractivity contribution >= 4 is 29.1 Å². The van der Waals surface area contributed by atoms with Crippen molar-refractivity contribution in [3.63, 3.8) is 0 Å². The first-order chi connectivity index (χ1) is 11.2. The molecule has 7 nitrogen and oxygen atoms in total. The summed E-state index contributed by atoms with van der Waals surface area (Å²) >= 11 is 5.99. The molecule has 2 N–H and O–H groups in total. The van der Waals surface area contributed by atoms with Crippen LogP contribution in [0.25, 0.3) is 0 Å². The van der Waals surface area contributed by atoms with E-state index < -0.39 is 11.1 Å². The van der Waals surface area contributed by atoms with Gasteiger partial charge in [-0.05, 0) is 33.6 Å². The molecule has 0 bridgehead atoms. The molecule has 0 amide bonds. The molecule has 1 aromatic heterocycles. The summed E-state index contributed by atoms with van der Waals surface area (Å²) in [6.45, 7) is 7.07. The number of piperidine rings is 1. The van der Waals surface area contributed by atoms with E-state index in [0.717, 1.165) is 25.1 Å². The van der Waals surface area contributed by atoms with Crippen LogP contribution in [0.2, 0.25) is 5.15 Å². The van der Waals surface area contributed by atoms with E-state index in [2.05, 4.69) is 20.0 Å². The highest BCUT2D eigenvalue weighted by Gasteiger charge is 2.75. The molecule has 0 spiro atoms. The second kappa shape index (κ2) is 4.95. The Kier molecular flexibility index (Phi) is 3.28. The molecule has 4 unspecified atom stereocenters. The van der Waals surface area contributed by atoms with Crippen LogP contribution >= 0.6 is 11.6 Å². The highest BCUT2D eigenvalue weighted by atomic mass is 35.5. The first-order valence-corrected chi connectivity index (χ1v) is 8.66. The second-order valence-corrected chi connectivity index (χ2v) is 8.29. The fraction of sp³-hybridized carbons (Fsp3) is 0.688. The molecule has 0 aliphatic carbocycles. The molecule has 3 saturated heterocycles. The van der Waals surface area contributed by atoms with Gasteiger partial charge in [-0.1, -0.05) is 11.6 Å². The van der Waals surface area contributed by atoms with Gasteiger partial charge in [-0.3, -0.25) is 4.90 Å². The highest BCUT2D eigenvalue weighted by molar-refractivity contribution is 6.29. The van der Waals surface area contributed by atoms with E-state index in [1.54, 1.807) is 6.07 Å². The number of anilines is 2. The molecule has 1 aromatic rings. The average Bonchev–Trinajstić information content (AvgIpc) is 2.92. The lowest BCUT2D eigenvalue weighted by Gasteiger charge is -2.39. The van der Waals surface area contributed by atoms with Crippen LogP contribution in [-0.2, 0) is 9.53 Å². The third-order valence-corrected chi connectivity index (χ3v) is 5.36. The van der Waals surface area contributed by atoms with Crippen molar-refractivity contribution in [2.24, 2.45) is 0 Å². The van der Waals surface area contributed by atoms with Crippen molar-refractivity contribution in [1.82, 2.24) is 15.1 Å². The van der Waals surface area contributed by atoms with Crippen molar-refractivity contribution < 1.29 is 9.53 Å². The van der Waals surface area contributed by atoms with Gasteiger partial charge >= 0.3 is 5.97 Å². The maximum absolute atomic E-state index is 12.9. The molecule has 8 heteroatoms. The molecule has 0 aromatic carbocycles. The van der Waals surface area contributed by atoms with E-state index in [-0.39, 0.29) is 12.0 Å². The third kappa shape index (κ3) is 2.25. The molecular formula is C16H22ClN5O2. The summed E-state index contributed by atoms with van der Waals surface area (Å²) in [5, 5.41) is 7.98. The predicted molar refractivity (Wildman–Crippen MR) is 90.9 cm³/mol. The smallest absolute Gasteiger partial charge is 0.330 e. The maximum atomic E-state index is 12.9. The lowest BCUT2D eigenvalue weighted by atomic mass is 9.93. The van der Waals surface area contributed by atoms with Gasteiger partial charge in [0.15, 0.2) is 16.5 Å². The van der Waals surface area contributed by atoms with E-state index in [4.69, 9.17) is 22.1 Å². The summed E-state index contributed by atoms with van der Waals surface area (Å²) in [6.07, 6.45) is 2.13. The Morgan fingerprint density at radius 2 is 2.17 bits per heavy atom. The Balaban J connectivity index is 1.65. The Morgan fingerprint density at radius 3 is 2.88 bits per heavy atom. The van der Waals surface area contributed by atoms with Gasteiger partial charge in [0, 0.05) is 31.2 Å². The van der Waals surface area contributed by atoms with Crippen LogP contribution < -0.4 is 10.6 Å². The number of carbonyl (C=O) groups is 1. The first-order valence-electron chi connectivity index (χ1n) is 8.28. The van der Waals surface area contributed by atoms with Gasteiger partial charge in [0.2, 0.25) is 0 Å². The van der Waals surface area contributed by atoms with Crippen LogP contribution in [0.15, 0.2) is 6.07 Å². The minimum absolute atomic E-state index is 0.138. The fourth-order valence-corrected chi connectivity index (χ4v) is 4.46. The number of nitrogens with two attached hydrogens (primary N) is 1. The summed E-state index contributed by atoms with van der Waals surface area (Å²) < 4.78 is 5.72. The zero-order valence-electron chi connectivity index (χ0n) is 14.1. The van der Waals surface area contributed by atoms with Gasteiger partial charge in [0.05, 0.1) is 5.69 Å². The highest BCUT2D eigenvalue weighted by Crippen LogP contribution is 2.56. The van der Waals surface area contributed by atoms with Gasteiger partial charge in [-0.25, -0.2) is 4.79 Å². The van der Waals surface area contributed by atoms with Gasteiger partial charge in [0.25, 0.3) is 0 Å². The van der Waals surface area contributed by atoms with Crippen LogP contribution in [0.1, 0.15) is 33.6 Å². The SMILES string of the molecule is CC(C)(C)OC(=O)C12CN(c3cc(Cl)nnc3N)CC3CCC1N32. The number of halogens is 1.